The lowest BCUT2D eigenvalue weighted by Gasteiger charge is -1.85. The molecule has 0 saturated carbocycles. The first kappa shape index (κ1) is 14.0. The first-order valence-electron chi connectivity index (χ1n) is 3.31. The van der Waals surface area contributed by atoms with Gasteiger partial charge in [0, 0.05) is 0 Å². The molecule has 0 aromatic heterocycles. The lowest BCUT2D eigenvalue weighted by atomic mass is 10.3. The molecule has 0 radical (unpaired) electrons. The number of hydrogen-bond acceptors (Lipinski definition) is 2. The van der Waals surface area contributed by atoms with E-state index in [2.05, 4.69) is 19.6 Å². The smallest absolute Gasteiger partial charge is 0.303 e. The first-order chi connectivity index (χ1) is 4.91. The van der Waals surface area contributed by atoms with Crippen molar-refractivity contribution in [3.8, 4) is 0 Å². The Kier molecular flexibility index (Phi) is 10.9. The SMILES string of the molecule is CCCCCS.O=P(O)(O)O. The van der Waals surface area contributed by atoms with Gasteiger partial charge in [0.15, 0.2) is 0 Å². The maximum Gasteiger partial charge on any atom is 0.466 e. The number of phosphoric acid groups is 1. The summed E-state index contributed by atoms with van der Waals surface area (Å²) in [5.41, 5.74) is 0. The van der Waals surface area contributed by atoms with Crippen molar-refractivity contribution in [2.24, 2.45) is 0 Å². The van der Waals surface area contributed by atoms with Crippen LogP contribution in [0.4, 0.5) is 0 Å². The molecular weight excluding hydrogens is 187 g/mol. The van der Waals surface area contributed by atoms with E-state index >= 15 is 0 Å². The molecule has 0 spiro atoms. The third kappa shape index (κ3) is 62.5. The number of thiol groups is 1. The Bertz CT molecular complexity index is 101. The molecule has 4 nitrogen and oxygen atoms in total. The summed E-state index contributed by atoms with van der Waals surface area (Å²) in [6.45, 7) is 2.20. The summed E-state index contributed by atoms with van der Waals surface area (Å²) < 4.78 is 8.88. The van der Waals surface area contributed by atoms with E-state index in [4.69, 9.17) is 19.2 Å². The van der Waals surface area contributed by atoms with Crippen molar-refractivity contribution in [3.63, 3.8) is 0 Å². The van der Waals surface area contributed by atoms with Gasteiger partial charge in [0.2, 0.25) is 0 Å². The van der Waals surface area contributed by atoms with Gasteiger partial charge < -0.3 is 14.7 Å². The molecule has 11 heavy (non-hydrogen) atoms. The van der Waals surface area contributed by atoms with Gasteiger partial charge in [0.1, 0.15) is 0 Å². The largest absolute Gasteiger partial charge is 0.466 e. The van der Waals surface area contributed by atoms with Crippen LogP contribution in [-0.2, 0) is 4.57 Å². The summed E-state index contributed by atoms with van der Waals surface area (Å²) in [6, 6.07) is 0. The van der Waals surface area contributed by atoms with Crippen LogP contribution in [-0.4, -0.2) is 20.4 Å². The van der Waals surface area contributed by atoms with E-state index in [1.165, 1.54) is 19.3 Å². The first-order valence-corrected chi connectivity index (χ1v) is 5.50. The van der Waals surface area contributed by atoms with Crippen LogP contribution in [0, 0.1) is 0 Å². The van der Waals surface area contributed by atoms with Gasteiger partial charge in [-0.2, -0.15) is 12.6 Å². The average molecular weight is 202 g/mol. The van der Waals surface area contributed by atoms with Crippen molar-refractivity contribution in [2.45, 2.75) is 26.2 Å². The molecule has 0 heterocycles. The molecule has 0 fully saturated rings. The normalized spacial score (nSPS) is 10.3. The molecule has 0 saturated heterocycles. The zero-order valence-electron chi connectivity index (χ0n) is 6.47. The summed E-state index contributed by atoms with van der Waals surface area (Å²) >= 11 is 4.05. The summed E-state index contributed by atoms with van der Waals surface area (Å²) in [5, 5.41) is 0. The molecule has 0 rings (SSSR count). The van der Waals surface area contributed by atoms with Crippen LogP contribution >= 0.6 is 20.5 Å². The zero-order chi connectivity index (χ0) is 9.33. The van der Waals surface area contributed by atoms with Gasteiger partial charge >= 0.3 is 7.82 Å². The standard InChI is InChI=1S/C5H12S.H3O4P/c1-2-3-4-5-6;1-5(2,3)4/h6H,2-5H2,1H3;(H3,1,2,3,4). The van der Waals surface area contributed by atoms with Gasteiger partial charge in [-0.25, -0.2) is 4.57 Å². The highest BCUT2D eigenvalue weighted by molar-refractivity contribution is 7.80. The highest BCUT2D eigenvalue weighted by atomic mass is 32.1. The van der Waals surface area contributed by atoms with Gasteiger partial charge in [0.25, 0.3) is 0 Å². The maximum absolute atomic E-state index is 8.88. The Morgan fingerprint density at radius 1 is 1.27 bits per heavy atom. The fourth-order valence-corrected chi connectivity index (χ4v) is 0.585. The van der Waals surface area contributed by atoms with E-state index in [9.17, 15) is 0 Å². The van der Waals surface area contributed by atoms with Crippen LogP contribution in [0.3, 0.4) is 0 Å². The van der Waals surface area contributed by atoms with E-state index < -0.39 is 7.82 Å². The van der Waals surface area contributed by atoms with E-state index in [-0.39, 0.29) is 0 Å². The topological polar surface area (TPSA) is 77.8 Å². The van der Waals surface area contributed by atoms with Crippen LogP contribution in [0.15, 0.2) is 0 Å². The molecule has 0 amide bonds. The maximum atomic E-state index is 8.88. The Morgan fingerprint density at radius 2 is 1.64 bits per heavy atom. The highest BCUT2D eigenvalue weighted by Crippen LogP contribution is 2.25. The van der Waals surface area contributed by atoms with E-state index in [0.717, 1.165) is 5.75 Å². The zero-order valence-corrected chi connectivity index (χ0v) is 8.26. The second-order valence-electron chi connectivity index (χ2n) is 1.94. The van der Waals surface area contributed by atoms with Crippen LogP contribution < -0.4 is 0 Å². The van der Waals surface area contributed by atoms with Crippen molar-refractivity contribution in [1.29, 1.82) is 0 Å². The van der Waals surface area contributed by atoms with Gasteiger partial charge in [-0.1, -0.05) is 19.8 Å². The second kappa shape index (κ2) is 8.56. The number of unbranched alkanes of at least 4 members (excludes halogenated alkanes) is 2. The number of rotatable bonds is 3. The molecule has 3 N–H and O–H groups in total. The molecule has 0 aliphatic carbocycles. The van der Waals surface area contributed by atoms with Crippen LogP contribution in [0.1, 0.15) is 26.2 Å². The predicted molar refractivity (Wildman–Crippen MR) is 47.6 cm³/mol. The second-order valence-corrected chi connectivity index (χ2v) is 3.42. The van der Waals surface area contributed by atoms with Crippen LogP contribution in [0.5, 0.6) is 0 Å². The lowest BCUT2D eigenvalue weighted by Crippen LogP contribution is -1.70. The Morgan fingerprint density at radius 3 is 1.73 bits per heavy atom. The molecule has 0 unspecified atom stereocenters. The van der Waals surface area contributed by atoms with Crippen molar-refractivity contribution in [3.05, 3.63) is 0 Å². The van der Waals surface area contributed by atoms with Crippen molar-refractivity contribution >= 4 is 20.5 Å². The minimum absolute atomic E-state index is 1.05. The van der Waals surface area contributed by atoms with E-state index in [0.29, 0.717) is 0 Å². The van der Waals surface area contributed by atoms with E-state index in [1.54, 1.807) is 0 Å². The molecular formula is C5H15O4PS. The van der Waals surface area contributed by atoms with Crippen LogP contribution in [0.25, 0.3) is 0 Å². The van der Waals surface area contributed by atoms with Gasteiger partial charge in [-0.05, 0) is 12.2 Å². The Labute approximate surface area is 72.3 Å². The summed E-state index contributed by atoms with van der Waals surface area (Å²) in [6.07, 6.45) is 3.92. The van der Waals surface area contributed by atoms with Gasteiger partial charge in [0.05, 0.1) is 0 Å². The summed E-state index contributed by atoms with van der Waals surface area (Å²) in [4.78, 5) is 21.6. The van der Waals surface area contributed by atoms with Crippen molar-refractivity contribution in [2.75, 3.05) is 5.75 Å². The molecule has 0 atom stereocenters. The fourth-order valence-electron chi connectivity index (χ4n) is 0.362. The lowest BCUT2D eigenvalue weighted by molar-refractivity contribution is 0.275. The van der Waals surface area contributed by atoms with Crippen molar-refractivity contribution < 1.29 is 19.2 Å². The summed E-state index contributed by atoms with van der Waals surface area (Å²) in [5.74, 6) is 1.05. The third-order valence-electron chi connectivity index (χ3n) is 0.762. The fraction of sp³-hybridized carbons (Fsp3) is 1.00. The molecule has 70 valence electrons. The molecule has 0 aliphatic heterocycles. The molecule has 0 bridgehead atoms. The monoisotopic (exact) mass is 202 g/mol. The molecule has 0 aromatic carbocycles. The Balaban J connectivity index is 0. The van der Waals surface area contributed by atoms with E-state index in [1.807, 2.05) is 0 Å². The van der Waals surface area contributed by atoms with Crippen LogP contribution in [0.2, 0.25) is 0 Å². The quantitative estimate of drug-likeness (QED) is 0.315. The highest BCUT2D eigenvalue weighted by Gasteiger charge is 2.00. The van der Waals surface area contributed by atoms with Gasteiger partial charge in [-0.3, -0.25) is 0 Å². The average Bonchev–Trinajstić information content (AvgIpc) is 1.79. The molecule has 6 heteroatoms. The number of hydrogen-bond donors (Lipinski definition) is 4. The Hall–Kier alpha value is 0.460. The van der Waals surface area contributed by atoms with Crippen molar-refractivity contribution in [1.82, 2.24) is 0 Å². The minimum atomic E-state index is -4.64. The van der Waals surface area contributed by atoms with Gasteiger partial charge in [-0.15, -0.1) is 0 Å². The third-order valence-corrected chi connectivity index (χ3v) is 1.08. The predicted octanol–water partition coefficient (Wildman–Crippen LogP) is 1.18. The summed E-state index contributed by atoms with van der Waals surface area (Å²) in [7, 11) is -4.64. The minimum Gasteiger partial charge on any atom is -0.303 e. The molecule has 0 aromatic rings. The molecule has 0 aliphatic rings.